The van der Waals surface area contributed by atoms with E-state index < -0.39 is 0 Å². The zero-order valence-corrected chi connectivity index (χ0v) is 15.7. The number of carbonyl (C=O) groups excluding carboxylic acids is 2. The first-order valence-corrected chi connectivity index (χ1v) is 9.60. The summed E-state index contributed by atoms with van der Waals surface area (Å²) in [5.74, 6) is -0.534. The molecule has 0 bridgehead atoms. The Morgan fingerprint density at radius 2 is 2.00 bits per heavy atom. The van der Waals surface area contributed by atoms with Gasteiger partial charge in [-0.15, -0.1) is 29.3 Å². The van der Waals surface area contributed by atoms with Crippen molar-refractivity contribution >= 4 is 40.2 Å². The molecule has 2 aromatic heterocycles. The van der Waals surface area contributed by atoms with Crippen LogP contribution < -0.4 is 10.6 Å². The molecule has 132 valence electrons. The Bertz CT molecular complexity index is 946. The first-order valence-electron chi connectivity index (χ1n) is 7.91. The highest BCUT2D eigenvalue weighted by atomic mass is 32.1. The number of benzene rings is 1. The van der Waals surface area contributed by atoms with Gasteiger partial charge in [-0.2, -0.15) is 0 Å². The van der Waals surface area contributed by atoms with E-state index >= 15 is 0 Å². The monoisotopic (exact) mass is 383 g/mol. The number of carbonyl (C=O) groups is 2. The molecule has 0 unspecified atom stereocenters. The second-order valence-electron chi connectivity index (χ2n) is 5.41. The lowest BCUT2D eigenvalue weighted by Crippen LogP contribution is -2.25. The van der Waals surface area contributed by atoms with Gasteiger partial charge >= 0.3 is 0 Å². The van der Waals surface area contributed by atoms with Crippen LogP contribution in [0.1, 0.15) is 25.7 Å². The van der Waals surface area contributed by atoms with Crippen molar-refractivity contribution < 1.29 is 9.59 Å². The summed E-state index contributed by atoms with van der Waals surface area (Å²) >= 11 is 2.93. The number of thiazole rings is 1. The van der Waals surface area contributed by atoms with Crippen molar-refractivity contribution in [3.05, 3.63) is 70.6 Å². The van der Waals surface area contributed by atoms with Crippen LogP contribution in [0.2, 0.25) is 0 Å². The highest BCUT2D eigenvalue weighted by molar-refractivity contribution is 7.22. The maximum absolute atomic E-state index is 12.7. The average molecular weight is 383 g/mol. The summed E-state index contributed by atoms with van der Waals surface area (Å²) in [6.45, 7) is 5.75. The largest absolute Gasteiger partial charge is 0.349 e. The van der Waals surface area contributed by atoms with Crippen molar-refractivity contribution in [2.75, 3.05) is 11.9 Å². The fourth-order valence-corrected chi connectivity index (χ4v) is 4.10. The third-order valence-electron chi connectivity index (χ3n) is 3.56. The van der Waals surface area contributed by atoms with E-state index in [1.165, 1.54) is 11.3 Å². The molecule has 0 aliphatic rings. The molecule has 0 spiro atoms. The van der Waals surface area contributed by atoms with Crippen molar-refractivity contribution in [2.24, 2.45) is 0 Å². The number of hydrogen-bond donors (Lipinski definition) is 2. The van der Waals surface area contributed by atoms with E-state index in [2.05, 4.69) is 22.2 Å². The molecule has 3 aromatic rings. The van der Waals surface area contributed by atoms with Gasteiger partial charge in [-0.05, 0) is 30.5 Å². The van der Waals surface area contributed by atoms with Gasteiger partial charge in [-0.1, -0.05) is 24.3 Å². The van der Waals surface area contributed by atoms with Gasteiger partial charge in [0.1, 0.15) is 9.88 Å². The van der Waals surface area contributed by atoms with Crippen LogP contribution in [0.5, 0.6) is 0 Å². The molecular weight excluding hydrogens is 366 g/mol. The number of aromatic nitrogens is 1. The highest BCUT2D eigenvalue weighted by Gasteiger charge is 2.19. The van der Waals surface area contributed by atoms with Crippen LogP contribution in [0.3, 0.4) is 0 Å². The van der Waals surface area contributed by atoms with Gasteiger partial charge in [0, 0.05) is 6.54 Å². The zero-order chi connectivity index (χ0) is 18.5. The fraction of sp³-hybridized carbons (Fsp3) is 0.105. The van der Waals surface area contributed by atoms with Gasteiger partial charge in [-0.25, -0.2) is 4.98 Å². The second kappa shape index (κ2) is 8.07. The quantitative estimate of drug-likeness (QED) is 0.622. The summed E-state index contributed by atoms with van der Waals surface area (Å²) in [4.78, 5) is 31.0. The molecule has 7 heteroatoms. The molecule has 0 radical (unpaired) electrons. The Labute approximate surface area is 159 Å². The molecule has 2 heterocycles. The molecule has 2 amide bonds. The standard InChI is InChI=1S/C19H17N3O2S2/c1-3-10-20-17(23)13-7-4-5-8-14(13)22-18(24)16-12(2)21-19(26-16)15-9-6-11-25-15/h3-9,11H,1,10H2,2H3,(H,20,23)(H,22,24). The van der Waals surface area contributed by atoms with Crippen molar-refractivity contribution in [3.8, 4) is 9.88 Å². The van der Waals surface area contributed by atoms with Crippen LogP contribution in [0.15, 0.2) is 54.4 Å². The molecule has 0 fully saturated rings. The fourth-order valence-electron chi connectivity index (χ4n) is 2.34. The Kier molecular flexibility index (Phi) is 5.60. The summed E-state index contributed by atoms with van der Waals surface area (Å²) in [5, 5.41) is 8.35. The number of rotatable bonds is 6. The molecule has 0 aliphatic carbocycles. The lowest BCUT2D eigenvalue weighted by atomic mass is 10.1. The summed E-state index contributed by atoms with van der Waals surface area (Å²) in [6, 6.07) is 10.8. The third-order valence-corrected chi connectivity index (χ3v) is 5.76. The highest BCUT2D eigenvalue weighted by Crippen LogP contribution is 2.31. The first-order chi connectivity index (χ1) is 12.6. The summed E-state index contributed by atoms with van der Waals surface area (Å²) < 4.78 is 0. The molecule has 2 N–H and O–H groups in total. The van der Waals surface area contributed by atoms with Gasteiger partial charge in [0.05, 0.1) is 21.8 Å². The molecular formula is C19H17N3O2S2. The lowest BCUT2D eigenvalue weighted by Gasteiger charge is -2.10. The Morgan fingerprint density at radius 3 is 2.73 bits per heavy atom. The smallest absolute Gasteiger partial charge is 0.267 e. The van der Waals surface area contributed by atoms with Crippen molar-refractivity contribution in [3.63, 3.8) is 0 Å². The number of nitrogens with one attached hydrogen (secondary N) is 2. The first kappa shape index (κ1) is 18.0. The van der Waals surface area contributed by atoms with Crippen LogP contribution in [0.25, 0.3) is 9.88 Å². The number of amides is 2. The minimum absolute atomic E-state index is 0.263. The summed E-state index contributed by atoms with van der Waals surface area (Å²) in [7, 11) is 0. The summed E-state index contributed by atoms with van der Waals surface area (Å²) in [6.07, 6.45) is 1.60. The minimum Gasteiger partial charge on any atom is -0.349 e. The summed E-state index contributed by atoms with van der Waals surface area (Å²) in [5.41, 5.74) is 1.54. The molecule has 26 heavy (non-hydrogen) atoms. The van der Waals surface area contributed by atoms with Gasteiger partial charge < -0.3 is 10.6 Å². The molecule has 0 aliphatic heterocycles. The predicted octanol–water partition coefficient (Wildman–Crippen LogP) is 4.35. The normalized spacial score (nSPS) is 10.3. The number of para-hydroxylation sites is 1. The Hall–Kier alpha value is -2.77. The topological polar surface area (TPSA) is 71.1 Å². The number of thiophene rings is 1. The number of nitrogens with zero attached hydrogens (tertiary/aromatic N) is 1. The molecule has 0 atom stereocenters. The third kappa shape index (κ3) is 3.89. The molecule has 1 aromatic carbocycles. The number of aryl methyl sites for hydroxylation is 1. The maximum atomic E-state index is 12.7. The number of anilines is 1. The zero-order valence-electron chi connectivity index (χ0n) is 14.1. The van der Waals surface area contributed by atoms with Gasteiger partial charge in [-0.3, -0.25) is 9.59 Å². The van der Waals surface area contributed by atoms with Crippen LogP contribution in [0, 0.1) is 6.92 Å². The molecule has 3 rings (SSSR count). The van der Waals surface area contributed by atoms with Crippen LogP contribution >= 0.6 is 22.7 Å². The molecule has 0 saturated carbocycles. The van der Waals surface area contributed by atoms with Crippen molar-refractivity contribution in [2.45, 2.75) is 6.92 Å². The molecule has 5 nitrogen and oxygen atoms in total. The van der Waals surface area contributed by atoms with Crippen LogP contribution in [-0.2, 0) is 0 Å². The Balaban J connectivity index is 1.83. The van der Waals surface area contributed by atoms with E-state index in [1.54, 1.807) is 41.7 Å². The van der Waals surface area contributed by atoms with Crippen molar-refractivity contribution in [1.29, 1.82) is 0 Å². The van der Waals surface area contributed by atoms with E-state index in [9.17, 15) is 9.59 Å². The van der Waals surface area contributed by atoms with Crippen LogP contribution in [-0.4, -0.2) is 23.3 Å². The Morgan fingerprint density at radius 1 is 1.19 bits per heavy atom. The van der Waals surface area contributed by atoms with E-state index in [1.807, 2.05) is 24.4 Å². The second-order valence-corrected chi connectivity index (χ2v) is 7.36. The predicted molar refractivity (Wildman–Crippen MR) is 107 cm³/mol. The van der Waals surface area contributed by atoms with Crippen molar-refractivity contribution in [1.82, 2.24) is 10.3 Å². The van der Waals surface area contributed by atoms with E-state index in [4.69, 9.17) is 0 Å². The van der Waals surface area contributed by atoms with E-state index in [0.29, 0.717) is 28.4 Å². The minimum atomic E-state index is -0.272. The van der Waals surface area contributed by atoms with E-state index in [-0.39, 0.29) is 11.8 Å². The maximum Gasteiger partial charge on any atom is 0.267 e. The molecule has 0 saturated heterocycles. The van der Waals surface area contributed by atoms with Gasteiger partial charge in [0.15, 0.2) is 0 Å². The average Bonchev–Trinajstić information content (AvgIpc) is 3.29. The van der Waals surface area contributed by atoms with E-state index in [0.717, 1.165) is 9.88 Å². The SMILES string of the molecule is C=CCNC(=O)c1ccccc1NC(=O)c1sc(-c2cccs2)nc1C. The lowest BCUT2D eigenvalue weighted by molar-refractivity contribution is 0.0959. The van der Waals surface area contributed by atoms with Crippen LogP contribution in [0.4, 0.5) is 5.69 Å². The number of hydrogen-bond acceptors (Lipinski definition) is 5. The van der Waals surface area contributed by atoms with Gasteiger partial charge in [0.2, 0.25) is 0 Å². The van der Waals surface area contributed by atoms with Gasteiger partial charge in [0.25, 0.3) is 11.8 Å².